The highest BCUT2D eigenvalue weighted by Gasteiger charge is 2.30. The molecule has 0 aliphatic carbocycles. The van der Waals surface area contributed by atoms with E-state index in [0.717, 1.165) is 12.1 Å². The molecule has 0 saturated heterocycles. The Balaban J connectivity index is 2.23. The number of alkyl halides is 3. The van der Waals surface area contributed by atoms with Gasteiger partial charge in [0.05, 0.1) is 10.9 Å². The van der Waals surface area contributed by atoms with E-state index < -0.39 is 17.3 Å². The van der Waals surface area contributed by atoms with Crippen LogP contribution < -0.4 is 11.4 Å². The van der Waals surface area contributed by atoms with Crippen molar-refractivity contribution in [2.75, 3.05) is 5.84 Å². The molecule has 1 heterocycles. The van der Waals surface area contributed by atoms with Gasteiger partial charge in [-0.15, -0.1) is 9.89 Å². The number of benzene rings is 2. The third-order valence-electron chi connectivity index (χ3n) is 3.31. The molecule has 3 rings (SSSR count). The minimum atomic E-state index is -4.40. The van der Waals surface area contributed by atoms with E-state index in [-0.39, 0.29) is 0 Å². The van der Waals surface area contributed by atoms with Gasteiger partial charge < -0.3 is 5.84 Å². The topological polar surface area (TPSA) is 60.9 Å². The molecule has 0 unspecified atom stereocenters. The van der Waals surface area contributed by atoms with Crippen LogP contribution in [0, 0.1) is 0 Å². The number of rotatable bonds is 1. The summed E-state index contributed by atoms with van der Waals surface area (Å²) in [6.45, 7) is 0. The van der Waals surface area contributed by atoms with E-state index >= 15 is 0 Å². The van der Waals surface area contributed by atoms with Gasteiger partial charge in [-0.3, -0.25) is 4.79 Å². The number of fused-ring (bicyclic) bond motifs is 1. The summed E-state index contributed by atoms with van der Waals surface area (Å²) in [7, 11) is 0. The molecule has 4 nitrogen and oxygen atoms in total. The van der Waals surface area contributed by atoms with Gasteiger partial charge >= 0.3 is 6.18 Å². The molecule has 0 fully saturated rings. The van der Waals surface area contributed by atoms with Crippen LogP contribution in [0.4, 0.5) is 13.2 Å². The fourth-order valence-corrected chi connectivity index (χ4v) is 2.24. The molecule has 0 bridgehead atoms. The molecular weight excluding hydrogens is 295 g/mol. The van der Waals surface area contributed by atoms with Gasteiger partial charge in [0.2, 0.25) is 0 Å². The lowest BCUT2D eigenvalue weighted by Crippen LogP contribution is -2.30. The Labute approximate surface area is 122 Å². The average Bonchev–Trinajstić information content (AvgIpc) is 2.50. The lowest BCUT2D eigenvalue weighted by molar-refractivity contribution is -0.137. The third kappa shape index (κ3) is 2.30. The number of aromatic nitrogens is 2. The van der Waals surface area contributed by atoms with E-state index in [9.17, 15) is 18.0 Å². The monoisotopic (exact) mass is 305 g/mol. The Morgan fingerprint density at radius 1 is 0.955 bits per heavy atom. The lowest BCUT2D eigenvalue weighted by atomic mass is 10.0. The largest absolute Gasteiger partial charge is 0.416 e. The third-order valence-corrected chi connectivity index (χ3v) is 3.31. The van der Waals surface area contributed by atoms with Crippen molar-refractivity contribution in [2.24, 2.45) is 0 Å². The summed E-state index contributed by atoms with van der Waals surface area (Å²) in [5.74, 6) is 5.54. The van der Waals surface area contributed by atoms with Crippen molar-refractivity contribution >= 4 is 10.8 Å². The summed E-state index contributed by atoms with van der Waals surface area (Å²) in [5, 5.41) is 4.86. The van der Waals surface area contributed by atoms with Crippen LogP contribution in [0.2, 0.25) is 0 Å². The van der Waals surface area contributed by atoms with Gasteiger partial charge in [-0.25, -0.2) is 0 Å². The van der Waals surface area contributed by atoms with Crippen LogP contribution >= 0.6 is 0 Å². The van der Waals surface area contributed by atoms with Crippen LogP contribution in [0.3, 0.4) is 0 Å². The highest BCUT2D eigenvalue weighted by Crippen LogP contribution is 2.31. The summed E-state index contributed by atoms with van der Waals surface area (Å²) < 4.78 is 37.8. The quantitative estimate of drug-likeness (QED) is 0.703. The molecule has 112 valence electrons. The molecule has 0 saturated carbocycles. The second kappa shape index (κ2) is 4.87. The minimum absolute atomic E-state index is 0.353. The molecule has 2 aromatic carbocycles. The zero-order chi connectivity index (χ0) is 15.9. The van der Waals surface area contributed by atoms with Gasteiger partial charge in [0, 0.05) is 10.9 Å². The average molecular weight is 305 g/mol. The van der Waals surface area contributed by atoms with Gasteiger partial charge in [0.25, 0.3) is 5.56 Å². The zero-order valence-corrected chi connectivity index (χ0v) is 11.1. The van der Waals surface area contributed by atoms with Gasteiger partial charge in [0.1, 0.15) is 5.69 Å². The molecule has 0 amide bonds. The first-order valence-corrected chi connectivity index (χ1v) is 6.33. The second-order valence-electron chi connectivity index (χ2n) is 4.72. The fourth-order valence-electron chi connectivity index (χ4n) is 2.24. The van der Waals surface area contributed by atoms with E-state index in [2.05, 4.69) is 5.10 Å². The van der Waals surface area contributed by atoms with E-state index in [0.29, 0.717) is 26.8 Å². The molecule has 1 aromatic heterocycles. The van der Waals surface area contributed by atoms with Crippen molar-refractivity contribution in [1.29, 1.82) is 0 Å². The Morgan fingerprint density at radius 2 is 1.55 bits per heavy atom. The summed E-state index contributed by atoms with van der Waals surface area (Å²) in [5.41, 5.74) is -0.414. The predicted octanol–water partition coefficient (Wildman–Crippen LogP) is 2.80. The van der Waals surface area contributed by atoms with Crippen molar-refractivity contribution < 1.29 is 13.2 Å². The summed E-state index contributed by atoms with van der Waals surface area (Å²) >= 11 is 0. The Bertz CT molecular complexity index is 899. The number of halogens is 3. The number of nitrogen functional groups attached to an aromatic ring is 1. The van der Waals surface area contributed by atoms with Crippen molar-refractivity contribution in [1.82, 2.24) is 9.89 Å². The van der Waals surface area contributed by atoms with Crippen LogP contribution in [0.15, 0.2) is 53.3 Å². The highest BCUT2D eigenvalue weighted by atomic mass is 19.4. The number of nitrogens with two attached hydrogens (primary N) is 1. The van der Waals surface area contributed by atoms with E-state index in [1.165, 1.54) is 12.1 Å². The Morgan fingerprint density at radius 3 is 2.14 bits per heavy atom. The van der Waals surface area contributed by atoms with E-state index in [1.807, 2.05) is 0 Å². The smallest absolute Gasteiger partial charge is 0.320 e. The molecule has 0 atom stereocenters. The molecule has 0 aliphatic rings. The summed E-state index contributed by atoms with van der Waals surface area (Å²) in [6, 6.07) is 11.2. The first-order chi connectivity index (χ1) is 10.4. The number of hydrogen-bond acceptors (Lipinski definition) is 3. The van der Waals surface area contributed by atoms with Gasteiger partial charge in [-0.05, 0) is 18.2 Å². The molecular formula is C15H10F3N3O. The fraction of sp³-hybridized carbons (Fsp3) is 0.0667. The van der Waals surface area contributed by atoms with Crippen molar-refractivity contribution in [3.05, 3.63) is 64.4 Å². The standard InChI is InChI=1S/C15H10F3N3O/c16-15(17,18)10-7-5-9(6-8-10)13-11-3-1-2-4-12(11)14(22)21(19)20-13/h1-8H,19H2. The van der Waals surface area contributed by atoms with Crippen LogP contribution in [-0.4, -0.2) is 9.89 Å². The zero-order valence-electron chi connectivity index (χ0n) is 11.1. The summed E-state index contributed by atoms with van der Waals surface area (Å²) in [4.78, 5) is 12.6. The first-order valence-electron chi connectivity index (χ1n) is 6.33. The maximum Gasteiger partial charge on any atom is 0.416 e. The lowest BCUT2D eigenvalue weighted by Gasteiger charge is -2.10. The minimum Gasteiger partial charge on any atom is -0.320 e. The maximum atomic E-state index is 12.6. The highest BCUT2D eigenvalue weighted by molar-refractivity contribution is 5.93. The second-order valence-corrected chi connectivity index (χ2v) is 4.72. The SMILES string of the molecule is Nn1nc(-c2ccc(C(F)(F)F)cc2)c2ccccc2c1=O. The number of nitrogens with zero attached hydrogens (tertiary/aromatic N) is 2. The molecule has 7 heteroatoms. The first kappa shape index (κ1) is 14.1. The molecule has 0 spiro atoms. The van der Waals surface area contributed by atoms with Crippen molar-refractivity contribution in [3.63, 3.8) is 0 Å². The molecule has 22 heavy (non-hydrogen) atoms. The van der Waals surface area contributed by atoms with E-state index in [1.54, 1.807) is 24.3 Å². The van der Waals surface area contributed by atoms with Crippen LogP contribution in [-0.2, 0) is 6.18 Å². The Kier molecular flexibility index (Phi) is 3.13. The predicted molar refractivity (Wildman–Crippen MR) is 76.6 cm³/mol. The normalized spacial score (nSPS) is 11.8. The van der Waals surface area contributed by atoms with Crippen molar-refractivity contribution in [3.8, 4) is 11.3 Å². The van der Waals surface area contributed by atoms with Gasteiger partial charge in [-0.1, -0.05) is 30.3 Å². The molecule has 2 N–H and O–H groups in total. The van der Waals surface area contributed by atoms with Gasteiger partial charge in [-0.2, -0.15) is 13.2 Å². The van der Waals surface area contributed by atoms with Crippen LogP contribution in [0.1, 0.15) is 5.56 Å². The Hall–Kier alpha value is -2.83. The van der Waals surface area contributed by atoms with Crippen molar-refractivity contribution in [2.45, 2.75) is 6.18 Å². The van der Waals surface area contributed by atoms with E-state index in [4.69, 9.17) is 5.84 Å². The maximum absolute atomic E-state index is 12.6. The molecule has 0 radical (unpaired) electrons. The van der Waals surface area contributed by atoms with Gasteiger partial charge in [0.15, 0.2) is 0 Å². The van der Waals surface area contributed by atoms with Crippen LogP contribution in [0.5, 0.6) is 0 Å². The number of hydrogen-bond donors (Lipinski definition) is 1. The van der Waals surface area contributed by atoms with Crippen LogP contribution in [0.25, 0.3) is 22.0 Å². The molecule has 0 aliphatic heterocycles. The molecule has 3 aromatic rings. The summed E-state index contributed by atoms with van der Waals surface area (Å²) in [6.07, 6.45) is -4.40.